The summed E-state index contributed by atoms with van der Waals surface area (Å²) in [6.45, 7) is 0.720. The first-order valence-electron chi connectivity index (χ1n) is 5.83. The molecule has 110 valence electrons. The number of nitrogens with two attached hydrogens (primary N) is 1. The zero-order valence-electron chi connectivity index (χ0n) is 10.9. The Balaban J connectivity index is 0.00000200. The van der Waals surface area contributed by atoms with Gasteiger partial charge in [-0.1, -0.05) is 0 Å². The maximum Gasteiger partial charge on any atom is 0.246 e. The van der Waals surface area contributed by atoms with Crippen LogP contribution in [0.25, 0.3) is 0 Å². The summed E-state index contributed by atoms with van der Waals surface area (Å²) in [5, 5.41) is 8.82. The van der Waals surface area contributed by atoms with Gasteiger partial charge in [0.25, 0.3) is 0 Å². The van der Waals surface area contributed by atoms with Crippen LogP contribution in [0.1, 0.15) is 12.0 Å². The summed E-state index contributed by atoms with van der Waals surface area (Å²) in [6, 6.07) is 6.11. The van der Waals surface area contributed by atoms with Gasteiger partial charge in [-0.05, 0) is 24.6 Å². The van der Waals surface area contributed by atoms with Crippen LogP contribution in [0.3, 0.4) is 0 Å². The molecule has 1 atom stereocenters. The third-order valence-corrected chi connectivity index (χ3v) is 5.00. The van der Waals surface area contributed by atoms with Crippen LogP contribution in [0.4, 0.5) is 0 Å². The lowest BCUT2D eigenvalue weighted by molar-refractivity contribution is 0.398. The number of hydrogen-bond donors (Lipinski definition) is 1. The molecule has 1 unspecified atom stereocenters. The summed E-state index contributed by atoms with van der Waals surface area (Å²) < 4.78 is 31.4. The van der Waals surface area contributed by atoms with Crippen molar-refractivity contribution in [1.29, 1.82) is 5.26 Å². The highest BCUT2D eigenvalue weighted by molar-refractivity contribution is 7.89. The lowest BCUT2D eigenvalue weighted by Crippen LogP contribution is -2.32. The molecule has 0 radical (unpaired) electrons. The van der Waals surface area contributed by atoms with E-state index in [0.29, 0.717) is 25.1 Å². The summed E-state index contributed by atoms with van der Waals surface area (Å²) in [5.41, 5.74) is 6.09. The maximum absolute atomic E-state index is 12.5. The normalized spacial score (nSPS) is 19.1. The largest absolute Gasteiger partial charge is 0.495 e. The number of nitrogens with zero attached hydrogens (tertiary/aromatic N) is 2. The number of hydrogen-bond acceptors (Lipinski definition) is 5. The number of halogens is 1. The molecule has 2 rings (SSSR count). The first-order chi connectivity index (χ1) is 8.98. The van der Waals surface area contributed by atoms with E-state index >= 15 is 0 Å². The number of rotatable bonds is 3. The van der Waals surface area contributed by atoms with Gasteiger partial charge in [0.2, 0.25) is 10.0 Å². The highest BCUT2D eigenvalue weighted by atomic mass is 35.5. The van der Waals surface area contributed by atoms with Crippen molar-refractivity contribution in [2.24, 2.45) is 5.73 Å². The van der Waals surface area contributed by atoms with Crippen molar-refractivity contribution in [3.63, 3.8) is 0 Å². The van der Waals surface area contributed by atoms with Crippen molar-refractivity contribution in [3.8, 4) is 11.8 Å². The average molecular weight is 318 g/mol. The van der Waals surface area contributed by atoms with E-state index in [4.69, 9.17) is 15.7 Å². The molecule has 0 bridgehead atoms. The molecule has 1 aromatic rings. The van der Waals surface area contributed by atoms with Crippen LogP contribution < -0.4 is 10.5 Å². The molecule has 1 aromatic carbocycles. The zero-order chi connectivity index (χ0) is 14.0. The van der Waals surface area contributed by atoms with Gasteiger partial charge in [0.15, 0.2) is 0 Å². The third kappa shape index (κ3) is 3.04. The molecule has 1 fully saturated rings. The van der Waals surface area contributed by atoms with E-state index in [1.54, 1.807) is 0 Å². The maximum atomic E-state index is 12.5. The first-order valence-corrected chi connectivity index (χ1v) is 7.27. The molecule has 0 spiro atoms. The van der Waals surface area contributed by atoms with Crippen LogP contribution in [-0.4, -0.2) is 39.0 Å². The Labute approximate surface area is 124 Å². The van der Waals surface area contributed by atoms with E-state index in [9.17, 15) is 8.42 Å². The van der Waals surface area contributed by atoms with Crippen LogP contribution >= 0.6 is 12.4 Å². The number of benzene rings is 1. The smallest absolute Gasteiger partial charge is 0.246 e. The van der Waals surface area contributed by atoms with Crippen LogP contribution in [0.2, 0.25) is 0 Å². The zero-order valence-corrected chi connectivity index (χ0v) is 12.6. The Morgan fingerprint density at radius 3 is 2.70 bits per heavy atom. The second kappa shape index (κ2) is 6.41. The summed E-state index contributed by atoms with van der Waals surface area (Å²) in [7, 11) is -2.24. The average Bonchev–Trinajstić information content (AvgIpc) is 2.85. The minimum atomic E-state index is -3.62. The van der Waals surface area contributed by atoms with Crippen molar-refractivity contribution >= 4 is 22.4 Å². The monoisotopic (exact) mass is 317 g/mol. The number of sulfonamides is 1. The van der Waals surface area contributed by atoms with E-state index in [0.717, 1.165) is 0 Å². The second-order valence-electron chi connectivity index (χ2n) is 4.39. The summed E-state index contributed by atoms with van der Waals surface area (Å²) in [5.74, 6) is 0.180. The Hall–Kier alpha value is -1.33. The van der Waals surface area contributed by atoms with Crippen molar-refractivity contribution in [2.45, 2.75) is 17.4 Å². The highest BCUT2D eigenvalue weighted by Gasteiger charge is 2.32. The van der Waals surface area contributed by atoms with Crippen LogP contribution in [0, 0.1) is 11.3 Å². The molecular weight excluding hydrogens is 302 g/mol. The second-order valence-corrected chi connectivity index (χ2v) is 6.30. The van der Waals surface area contributed by atoms with E-state index in [2.05, 4.69) is 0 Å². The molecule has 1 heterocycles. The Kier molecular flexibility index (Phi) is 5.36. The molecule has 0 aliphatic carbocycles. The van der Waals surface area contributed by atoms with Crippen molar-refractivity contribution in [3.05, 3.63) is 23.8 Å². The predicted octanol–water partition coefficient (Wildman–Crippen LogP) is 0.710. The standard InChI is InChI=1S/C12H15N3O3S.ClH/c1-18-11-6-9(7-13)2-3-12(11)19(16,17)15-5-4-10(14)8-15;/h2-3,6,10H,4-5,8,14H2,1H3;1H. The first kappa shape index (κ1) is 16.7. The third-order valence-electron chi connectivity index (χ3n) is 3.10. The Bertz CT molecular complexity index is 627. The predicted molar refractivity (Wildman–Crippen MR) is 76.3 cm³/mol. The fourth-order valence-corrected chi connectivity index (χ4v) is 3.71. The molecule has 1 aliphatic rings. The molecule has 1 saturated heterocycles. The van der Waals surface area contributed by atoms with Gasteiger partial charge in [-0.2, -0.15) is 9.57 Å². The highest BCUT2D eigenvalue weighted by Crippen LogP contribution is 2.29. The minimum absolute atomic E-state index is 0. The number of methoxy groups -OCH3 is 1. The van der Waals surface area contributed by atoms with Gasteiger partial charge in [0, 0.05) is 19.1 Å². The van der Waals surface area contributed by atoms with E-state index in [-0.39, 0.29) is 29.1 Å². The van der Waals surface area contributed by atoms with E-state index < -0.39 is 10.0 Å². The quantitative estimate of drug-likeness (QED) is 0.885. The minimum Gasteiger partial charge on any atom is -0.495 e. The molecule has 6 nitrogen and oxygen atoms in total. The molecule has 20 heavy (non-hydrogen) atoms. The summed E-state index contributed by atoms with van der Waals surface area (Å²) >= 11 is 0. The Morgan fingerprint density at radius 1 is 1.50 bits per heavy atom. The molecule has 0 aromatic heterocycles. The molecular formula is C12H16ClN3O3S. The lowest BCUT2D eigenvalue weighted by Gasteiger charge is -2.17. The molecule has 0 amide bonds. The van der Waals surface area contributed by atoms with E-state index in [1.807, 2.05) is 6.07 Å². The van der Waals surface area contributed by atoms with Gasteiger partial charge in [-0.25, -0.2) is 8.42 Å². The van der Waals surface area contributed by atoms with E-state index in [1.165, 1.54) is 29.6 Å². The lowest BCUT2D eigenvalue weighted by atomic mass is 10.2. The van der Waals surface area contributed by atoms with Crippen molar-refractivity contribution in [2.75, 3.05) is 20.2 Å². The van der Waals surface area contributed by atoms with Gasteiger partial charge >= 0.3 is 0 Å². The van der Waals surface area contributed by atoms with Gasteiger partial charge in [0.05, 0.1) is 18.7 Å². The van der Waals surface area contributed by atoms with Crippen molar-refractivity contribution < 1.29 is 13.2 Å². The number of ether oxygens (including phenoxy) is 1. The summed E-state index contributed by atoms with van der Waals surface area (Å²) in [6.07, 6.45) is 0.651. The van der Waals surface area contributed by atoms with Gasteiger partial charge < -0.3 is 10.5 Å². The fourth-order valence-electron chi connectivity index (χ4n) is 2.06. The number of nitriles is 1. The Morgan fingerprint density at radius 2 is 2.20 bits per heavy atom. The van der Waals surface area contributed by atoms with Crippen LogP contribution in [-0.2, 0) is 10.0 Å². The van der Waals surface area contributed by atoms with Crippen molar-refractivity contribution in [1.82, 2.24) is 4.31 Å². The van der Waals surface area contributed by atoms with Crippen LogP contribution in [0.15, 0.2) is 23.1 Å². The molecule has 1 aliphatic heterocycles. The molecule has 0 saturated carbocycles. The topological polar surface area (TPSA) is 96.4 Å². The summed E-state index contributed by atoms with van der Waals surface area (Å²) in [4.78, 5) is 0.0723. The van der Waals surface area contributed by atoms with Gasteiger partial charge in [0.1, 0.15) is 10.6 Å². The van der Waals surface area contributed by atoms with Gasteiger partial charge in [-0.15, -0.1) is 12.4 Å². The van der Waals surface area contributed by atoms with Crippen LogP contribution in [0.5, 0.6) is 5.75 Å². The SMILES string of the molecule is COc1cc(C#N)ccc1S(=O)(=O)N1CCC(N)C1.Cl. The molecule has 2 N–H and O–H groups in total. The fraction of sp³-hybridized carbons (Fsp3) is 0.417. The van der Waals surface area contributed by atoms with Gasteiger partial charge in [-0.3, -0.25) is 0 Å². The molecule has 8 heteroatoms.